The number of nitrogens with one attached hydrogen (secondary N) is 1. The normalized spacial score (nSPS) is 16.9. The highest BCUT2D eigenvalue weighted by Crippen LogP contribution is 2.11. The number of pyridine rings is 1. The summed E-state index contributed by atoms with van der Waals surface area (Å²) in [5.74, 6) is 0. The Hall–Kier alpha value is -1.02. The Kier molecular flexibility index (Phi) is 7.68. The van der Waals surface area contributed by atoms with Crippen molar-refractivity contribution in [3.8, 4) is 0 Å². The van der Waals surface area contributed by atoms with Gasteiger partial charge in [0.1, 0.15) is 0 Å². The first-order valence-corrected chi connectivity index (χ1v) is 8.20. The molecule has 2 heterocycles. The van der Waals surface area contributed by atoms with Crippen molar-refractivity contribution >= 4 is 10.3 Å². The lowest BCUT2D eigenvalue weighted by molar-refractivity contribution is 0.358. The average molecular weight is 301 g/mol. The van der Waals surface area contributed by atoms with Crippen LogP contribution in [0.2, 0.25) is 0 Å². The first-order valence-electron chi connectivity index (χ1n) is 6.80. The first kappa shape index (κ1) is 17.0. The Labute approximate surface area is 121 Å². The SMILES string of the molecule is CNCc1cccnc1.O=S(=O)(O)N1CCCCCC1. The van der Waals surface area contributed by atoms with E-state index in [-0.39, 0.29) is 0 Å². The third-order valence-electron chi connectivity index (χ3n) is 3.00. The van der Waals surface area contributed by atoms with Crippen molar-refractivity contribution < 1.29 is 13.0 Å². The Morgan fingerprint density at radius 1 is 1.30 bits per heavy atom. The van der Waals surface area contributed by atoms with E-state index in [1.807, 2.05) is 25.4 Å². The summed E-state index contributed by atoms with van der Waals surface area (Å²) in [6.45, 7) is 1.84. The van der Waals surface area contributed by atoms with E-state index in [4.69, 9.17) is 4.55 Å². The van der Waals surface area contributed by atoms with Crippen LogP contribution in [0, 0.1) is 0 Å². The molecule has 2 N–H and O–H groups in total. The van der Waals surface area contributed by atoms with Crippen LogP contribution >= 0.6 is 0 Å². The molecule has 0 aromatic carbocycles. The van der Waals surface area contributed by atoms with Gasteiger partial charge in [0, 0.05) is 32.0 Å². The van der Waals surface area contributed by atoms with Crippen LogP contribution in [0.25, 0.3) is 0 Å². The molecule has 1 aliphatic rings. The van der Waals surface area contributed by atoms with Gasteiger partial charge in [-0.05, 0) is 31.5 Å². The molecular formula is C13H23N3O3S. The lowest BCUT2D eigenvalue weighted by Gasteiger charge is -2.14. The molecule has 1 aromatic rings. The smallest absolute Gasteiger partial charge is 0.316 e. The topological polar surface area (TPSA) is 82.5 Å². The Bertz CT molecular complexity index is 457. The van der Waals surface area contributed by atoms with E-state index in [2.05, 4.69) is 10.3 Å². The summed E-state index contributed by atoms with van der Waals surface area (Å²) < 4.78 is 31.0. The second kappa shape index (κ2) is 9.02. The van der Waals surface area contributed by atoms with Crippen molar-refractivity contribution in [2.75, 3.05) is 20.1 Å². The quantitative estimate of drug-likeness (QED) is 0.826. The fourth-order valence-corrected chi connectivity index (χ4v) is 2.70. The van der Waals surface area contributed by atoms with Crippen molar-refractivity contribution in [2.24, 2.45) is 0 Å². The highest BCUT2D eigenvalue weighted by atomic mass is 32.2. The van der Waals surface area contributed by atoms with E-state index >= 15 is 0 Å². The summed E-state index contributed by atoms with van der Waals surface area (Å²) >= 11 is 0. The molecule has 1 aliphatic heterocycles. The van der Waals surface area contributed by atoms with Crippen LogP contribution in [-0.2, 0) is 16.8 Å². The minimum Gasteiger partial charge on any atom is -0.316 e. The van der Waals surface area contributed by atoms with Gasteiger partial charge in [-0.25, -0.2) is 0 Å². The molecule has 0 atom stereocenters. The number of hydrogen-bond acceptors (Lipinski definition) is 4. The molecule has 0 amide bonds. The molecule has 0 radical (unpaired) electrons. The van der Waals surface area contributed by atoms with Gasteiger partial charge < -0.3 is 5.32 Å². The van der Waals surface area contributed by atoms with Crippen molar-refractivity contribution in [3.05, 3.63) is 30.1 Å². The van der Waals surface area contributed by atoms with Gasteiger partial charge in [0.25, 0.3) is 0 Å². The molecule has 20 heavy (non-hydrogen) atoms. The number of rotatable bonds is 3. The molecule has 1 aromatic heterocycles. The zero-order valence-corrected chi connectivity index (χ0v) is 12.6. The van der Waals surface area contributed by atoms with E-state index in [0.717, 1.165) is 36.5 Å². The van der Waals surface area contributed by atoms with Crippen LogP contribution in [0.1, 0.15) is 31.2 Å². The van der Waals surface area contributed by atoms with Gasteiger partial charge in [-0.2, -0.15) is 12.7 Å². The monoisotopic (exact) mass is 301 g/mol. The van der Waals surface area contributed by atoms with E-state index in [9.17, 15) is 8.42 Å². The summed E-state index contributed by atoms with van der Waals surface area (Å²) in [4.78, 5) is 3.96. The van der Waals surface area contributed by atoms with Gasteiger partial charge in [0.05, 0.1) is 0 Å². The lowest BCUT2D eigenvalue weighted by Crippen LogP contribution is -2.31. The van der Waals surface area contributed by atoms with Crippen molar-refractivity contribution in [1.29, 1.82) is 0 Å². The Balaban J connectivity index is 0.000000204. The maximum Gasteiger partial charge on any atom is 0.335 e. The summed E-state index contributed by atoms with van der Waals surface area (Å²) in [6.07, 6.45) is 7.48. The van der Waals surface area contributed by atoms with Crippen LogP contribution in [0.15, 0.2) is 24.5 Å². The van der Waals surface area contributed by atoms with Crippen molar-refractivity contribution in [2.45, 2.75) is 32.2 Å². The van der Waals surface area contributed by atoms with Crippen LogP contribution in [0.3, 0.4) is 0 Å². The van der Waals surface area contributed by atoms with E-state index in [1.165, 1.54) is 5.56 Å². The third kappa shape index (κ3) is 6.95. The maximum atomic E-state index is 10.6. The highest BCUT2D eigenvalue weighted by molar-refractivity contribution is 7.83. The summed E-state index contributed by atoms with van der Waals surface area (Å²) in [7, 11) is -1.99. The van der Waals surface area contributed by atoms with Gasteiger partial charge in [-0.15, -0.1) is 0 Å². The fourth-order valence-electron chi connectivity index (χ4n) is 1.98. The number of hydrogen-bond donors (Lipinski definition) is 2. The summed E-state index contributed by atoms with van der Waals surface area (Å²) in [6, 6.07) is 3.98. The highest BCUT2D eigenvalue weighted by Gasteiger charge is 2.19. The van der Waals surface area contributed by atoms with Crippen LogP contribution in [0.4, 0.5) is 0 Å². The van der Waals surface area contributed by atoms with Crippen molar-refractivity contribution in [1.82, 2.24) is 14.6 Å². The fraction of sp³-hybridized carbons (Fsp3) is 0.615. The molecule has 6 nitrogen and oxygen atoms in total. The molecule has 0 saturated carbocycles. The minimum atomic E-state index is -3.92. The van der Waals surface area contributed by atoms with E-state index in [0.29, 0.717) is 13.1 Å². The van der Waals surface area contributed by atoms with Crippen molar-refractivity contribution in [3.63, 3.8) is 0 Å². The Morgan fingerprint density at radius 2 is 1.95 bits per heavy atom. The van der Waals surface area contributed by atoms with Crippen LogP contribution in [-0.4, -0.2) is 42.4 Å². The zero-order chi connectivity index (χ0) is 14.8. The van der Waals surface area contributed by atoms with Gasteiger partial charge in [-0.1, -0.05) is 18.9 Å². The standard InChI is InChI=1S/C7H10N2.C6H13NO3S/c1-8-5-7-3-2-4-9-6-7;8-11(9,10)7-5-3-1-2-4-6-7/h2-4,6,8H,5H2,1H3;1-6H2,(H,8,9,10). The molecule has 0 bridgehead atoms. The number of nitrogens with zero attached hydrogens (tertiary/aromatic N) is 2. The third-order valence-corrected chi connectivity index (χ3v) is 4.01. The van der Waals surface area contributed by atoms with Gasteiger partial charge >= 0.3 is 10.3 Å². The molecule has 0 spiro atoms. The minimum absolute atomic E-state index is 0.471. The summed E-state index contributed by atoms with van der Waals surface area (Å²) in [5.41, 5.74) is 1.22. The predicted octanol–water partition coefficient (Wildman–Crippen LogP) is 1.47. The molecule has 7 heteroatoms. The molecular weight excluding hydrogens is 278 g/mol. The second-order valence-electron chi connectivity index (χ2n) is 4.68. The molecule has 2 rings (SSSR count). The van der Waals surface area contributed by atoms with E-state index < -0.39 is 10.3 Å². The Morgan fingerprint density at radius 3 is 2.40 bits per heavy atom. The zero-order valence-electron chi connectivity index (χ0n) is 11.8. The molecule has 1 fully saturated rings. The second-order valence-corrected chi connectivity index (χ2v) is 6.09. The molecule has 1 saturated heterocycles. The van der Waals surface area contributed by atoms with E-state index in [1.54, 1.807) is 6.20 Å². The number of aromatic nitrogens is 1. The molecule has 114 valence electrons. The maximum absolute atomic E-state index is 10.6. The molecule has 0 aliphatic carbocycles. The summed E-state index contributed by atoms with van der Waals surface area (Å²) in [5, 5.41) is 3.04. The lowest BCUT2D eigenvalue weighted by atomic mass is 10.2. The average Bonchev–Trinajstić information content (AvgIpc) is 2.69. The predicted molar refractivity (Wildman–Crippen MR) is 78.6 cm³/mol. The van der Waals surface area contributed by atoms with Gasteiger partial charge in [0.2, 0.25) is 0 Å². The van der Waals surface area contributed by atoms with Gasteiger partial charge in [0.15, 0.2) is 0 Å². The van der Waals surface area contributed by atoms with Crippen LogP contribution in [0.5, 0.6) is 0 Å². The molecule has 0 unspecified atom stereocenters. The van der Waals surface area contributed by atoms with Gasteiger partial charge in [-0.3, -0.25) is 9.54 Å². The first-order chi connectivity index (χ1) is 9.54. The largest absolute Gasteiger partial charge is 0.335 e. The van der Waals surface area contributed by atoms with Crippen LogP contribution < -0.4 is 5.32 Å².